The van der Waals surface area contributed by atoms with Gasteiger partial charge in [-0.15, -0.1) is 0 Å². The first-order valence-electron chi connectivity index (χ1n) is 9.20. The van der Waals surface area contributed by atoms with E-state index in [1.54, 1.807) is 6.07 Å². The second kappa shape index (κ2) is 8.94. The van der Waals surface area contributed by atoms with Crippen LogP contribution < -0.4 is 11.1 Å². The van der Waals surface area contributed by atoms with Crippen LogP contribution in [0.2, 0.25) is 0 Å². The largest absolute Gasteiger partial charge is 0.364 e. The van der Waals surface area contributed by atoms with E-state index < -0.39 is 5.91 Å². The predicted molar refractivity (Wildman–Crippen MR) is 108 cm³/mol. The molecular formula is C22H24N4O. The van der Waals surface area contributed by atoms with Gasteiger partial charge < -0.3 is 11.1 Å². The van der Waals surface area contributed by atoms with Crippen LogP contribution in [0.1, 0.15) is 35.8 Å². The van der Waals surface area contributed by atoms with Gasteiger partial charge in [-0.05, 0) is 24.5 Å². The fraction of sp³-hybridized carbons (Fsp3) is 0.227. The number of hydrogen-bond donors (Lipinski definition) is 2. The fourth-order valence-electron chi connectivity index (χ4n) is 3.05. The summed E-state index contributed by atoms with van der Waals surface area (Å²) >= 11 is 0. The molecule has 0 saturated carbocycles. The van der Waals surface area contributed by atoms with Crippen LogP contribution in [0.4, 0.5) is 5.95 Å². The summed E-state index contributed by atoms with van der Waals surface area (Å²) in [6, 6.07) is 21.8. The van der Waals surface area contributed by atoms with Gasteiger partial charge >= 0.3 is 0 Å². The number of anilines is 1. The molecule has 0 bridgehead atoms. The van der Waals surface area contributed by atoms with Gasteiger partial charge in [-0.25, -0.2) is 9.97 Å². The van der Waals surface area contributed by atoms with Crippen LogP contribution in [-0.4, -0.2) is 21.9 Å². The molecule has 3 N–H and O–H groups in total. The Labute approximate surface area is 159 Å². The lowest BCUT2D eigenvalue weighted by Crippen LogP contribution is -2.24. The van der Waals surface area contributed by atoms with E-state index >= 15 is 0 Å². The van der Waals surface area contributed by atoms with Gasteiger partial charge in [0.25, 0.3) is 5.91 Å². The highest BCUT2D eigenvalue weighted by Crippen LogP contribution is 2.20. The third-order valence-corrected chi connectivity index (χ3v) is 4.34. The molecule has 5 nitrogen and oxygen atoms in total. The zero-order valence-electron chi connectivity index (χ0n) is 15.4. The number of hydrogen-bond acceptors (Lipinski definition) is 4. The molecule has 5 heteroatoms. The van der Waals surface area contributed by atoms with E-state index in [9.17, 15) is 4.79 Å². The Kier molecular flexibility index (Phi) is 6.15. The highest BCUT2D eigenvalue weighted by Gasteiger charge is 2.14. The summed E-state index contributed by atoms with van der Waals surface area (Å²) in [5.74, 6) is -0.132. The van der Waals surface area contributed by atoms with E-state index in [1.165, 1.54) is 5.56 Å². The summed E-state index contributed by atoms with van der Waals surface area (Å²) in [6.07, 6.45) is 2.87. The Hall–Kier alpha value is -3.21. The lowest BCUT2D eigenvalue weighted by molar-refractivity contribution is 0.0995. The molecular weight excluding hydrogens is 336 g/mol. The van der Waals surface area contributed by atoms with Crippen LogP contribution in [-0.2, 0) is 6.42 Å². The summed E-state index contributed by atoms with van der Waals surface area (Å²) < 4.78 is 0. The molecule has 138 valence electrons. The molecule has 3 rings (SSSR count). The second-order valence-corrected chi connectivity index (χ2v) is 6.51. The van der Waals surface area contributed by atoms with E-state index in [2.05, 4.69) is 34.3 Å². The molecule has 1 aromatic heterocycles. The molecule has 1 unspecified atom stereocenters. The van der Waals surface area contributed by atoms with Crippen LogP contribution >= 0.6 is 0 Å². The van der Waals surface area contributed by atoms with Gasteiger partial charge in [0.15, 0.2) is 0 Å². The molecule has 2 aromatic carbocycles. The molecule has 0 radical (unpaired) electrons. The number of carbonyl (C=O) groups excluding carboxylic acids is 1. The van der Waals surface area contributed by atoms with Crippen molar-refractivity contribution in [2.75, 3.05) is 5.32 Å². The average Bonchev–Trinajstić information content (AvgIpc) is 2.69. The zero-order valence-corrected chi connectivity index (χ0v) is 15.4. The van der Waals surface area contributed by atoms with E-state index in [1.807, 2.05) is 48.5 Å². The Balaban J connectivity index is 1.89. The van der Waals surface area contributed by atoms with Crippen LogP contribution in [0.25, 0.3) is 11.3 Å². The first-order valence-corrected chi connectivity index (χ1v) is 9.20. The van der Waals surface area contributed by atoms with Crippen molar-refractivity contribution in [3.8, 4) is 11.3 Å². The highest BCUT2D eigenvalue weighted by atomic mass is 16.1. The van der Waals surface area contributed by atoms with Crippen LogP contribution in [0, 0.1) is 0 Å². The van der Waals surface area contributed by atoms with E-state index in [4.69, 9.17) is 5.73 Å². The monoisotopic (exact) mass is 360 g/mol. The van der Waals surface area contributed by atoms with Crippen molar-refractivity contribution in [1.29, 1.82) is 0 Å². The molecule has 0 spiro atoms. The van der Waals surface area contributed by atoms with Gasteiger partial charge in [0.05, 0.1) is 5.69 Å². The maximum atomic E-state index is 11.7. The van der Waals surface area contributed by atoms with Gasteiger partial charge in [-0.1, -0.05) is 74.0 Å². The number of rotatable bonds is 8. The molecule has 0 aliphatic heterocycles. The van der Waals surface area contributed by atoms with Crippen molar-refractivity contribution in [3.05, 3.63) is 78.0 Å². The molecule has 1 atom stereocenters. The SMILES string of the molecule is CCCC(Cc1ccccc1)Nc1nc(C(N)=O)cc(-c2ccccc2)n1. The van der Waals surface area contributed by atoms with Gasteiger partial charge in [0.2, 0.25) is 5.95 Å². The number of carbonyl (C=O) groups is 1. The third-order valence-electron chi connectivity index (χ3n) is 4.34. The lowest BCUT2D eigenvalue weighted by Gasteiger charge is -2.19. The number of aromatic nitrogens is 2. The highest BCUT2D eigenvalue weighted by molar-refractivity contribution is 5.92. The van der Waals surface area contributed by atoms with Crippen molar-refractivity contribution < 1.29 is 4.79 Å². The summed E-state index contributed by atoms with van der Waals surface area (Å²) in [5, 5.41) is 3.40. The molecule has 3 aromatic rings. The number of nitrogens with two attached hydrogens (primary N) is 1. The van der Waals surface area contributed by atoms with Crippen molar-refractivity contribution in [2.24, 2.45) is 5.73 Å². The molecule has 0 saturated heterocycles. The molecule has 0 fully saturated rings. The Morgan fingerprint density at radius 2 is 1.70 bits per heavy atom. The Morgan fingerprint density at radius 3 is 2.33 bits per heavy atom. The summed E-state index contributed by atoms with van der Waals surface area (Å²) in [7, 11) is 0. The van der Waals surface area contributed by atoms with E-state index in [0.717, 1.165) is 24.8 Å². The maximum Gasteiger partial charge on any atom is 0.267 e. The summed E-state index contributed by atoms with van der Waals surface area (Å²) in [5.41, 5.74) is 8.54. The molecule has 0 aliphatic rings. The topological polar surface area (TPSA) is 80.9 Å². The Morgan fingerprint density at radius 1 is 1.04 bits per heavy atom. The number of nitrogens with zero attached hydrogens (tertiary/aromatic N) is 2. The van der Waals surface area contributed by atoms with Gasteiger partial charge in [-0.2, -0.15) is 0 Å². The summed E-state index contributed by atoms with van der Waals surface area (Å²) in [6.45, 7) is 2.15. The minimum Gasteiger partial charge on any atom is -0.364 e. The van der Waals surface area contributed by atoms with Crippen LogP contribution in [0.5, 0.6) is 0 Å². The molecule has 0 aliphatic carbocycles. The first kappa shape index (κ1) is 18.6. The van der Waals surface area contributed by atoms with Crippen molar-refractivity contribution in [3.63, 3.8) is 0 Å². The number of benzene rings is 2. The average molecular weight is 360 g/mol. The van der Waals surface area contributed by atoms with E-state index in [-0.39, 0.29) is 11.7 Å². The minimum absolute atomic E-state index is 0.171. The van der Waals surface area contributed by atoms with Gasteiger partial charge in [0, 0.05) is 11.6 Å². The third kappa shape index (κ3) is 5.14. The van der Waals surface area contributed by atoms with Crippen molar-refractivity contribution in [2.45, 2.75) is 32.2 Å². The summed E-state index contributed by atoms with van der Waals surface area (Å²) in [4.78, 5) is 20.7. The fourth-order valence-corrected chi connectivity index (χ4v) is 3.05. The predicted octanol–water partition coefficient (Wildman–Crippen LogP) is 4.07. The van der Waals surface area contributed by atoms with E-state index in [0.29, 0.717) is 11.6 Å². The lowest BCUT2D eigenvalue weighted by atomic mass is 10.0. The minimum atomic E-state index is -0.562. The van der Waals surface area contributed by atoms with Gasteiger partial charge in [-0.3, -0.25) is 4.79 Å². The van der Waals surface area contributed by atoms with Crippen molar-refractivity contribution >= 4 is 11.9 Å². The zero-order chi connectivity index (χ0) is 19.1. The number of amides is 1. The number of primary amides is 1. The molecule has 27 heavy (non-hydrogen) atoms. The standard InChI is InChI=1S/C22H24N4O/c1-2-9-18(14-16-10-5-3-6-11-16)24-22-25-19(15-20(26-22)21(23)27)17-12-7-4-8-13-17/h3-8,10-13,15,18H,2,9,14H2,1H3,(H2,23,27)(H,24,25,26). The number of nitrogens with one attached hydrogen (secondary N) is 1. The quantitative estimate of drug-likeness (QED) is 0.634. The Bertz CT molecular complexity index is 881. The van der Waals surface area contributed by atoms with Crippen molar-refractivity contribution in [1.82, 2.24) is 9.97 Å². The van der Waals surface area contributed by atoms with Crippen LogP contribution in [0.3, 0.4) is 0 Å². The first-order chi connectivity index (χ1) is 13.2. The van der Waals surface area contributed by atoms with Crippen LogP contribution in [0.15, 0.2) is 66.7 Å². The molecule has 1 heterocycles. The second-order valence-electron chi connectivity index (χ2n) is 6.51. The van der Waals surface area contributed by atoms with Gasteiger partial charge in [0.1, 0.15) is 5.69 Å². The normalized spacial score (nSPS) is 11.7. The molecule has 1 amide bonds. The smallest absolute Gasteiger partial charge is 0.267 e. The maximum absolute atomic E-state index is 11.7.